The summed E-state index contributed by atoms with van der Waals surface area (Å²) < 4.78 is 84.7. The van der Waals surface area contributed by atoms with Crippen LogP contribution in [0.1, 0.15) is 23.9 Å². The second-order valence-electron chi connectivity index (χ2n) is 5.67. The Morgan fingerprint density at radius 2 is 1.86 bits per heavy atom. The van der Waals surface area contributed by atoms with Crippen LogP contribution in [0.4, 0.5) is 26.3 Å². The Kier molecular flexibility index (Phi) is 6.48. The van der Waals surface area contributed by atoms with Gasteiger partial charge in [-0.15, -0.1) is 5.10 Å². The van der Waals surface area contributed by atoms with Gasteiger partial charge >= 0.3 is 6.18 Å². The van der Waals surface area contributed by atoms with E-state index in [4.69, 9.17) is 10.00 Å². The summed E-state index contributed by atoms with van der Waals surface area (Å²) in [5.41, 5.74) is -2.14. The number of hydrogen-bond donors (Lipinski definition) is 1. The van der Waals surface area contributed by atoms with E-state index in [1.807, 2.05) is 0 Å². The van der Waals surface area contributed by atoms with Gasteiger partial charge in [-0.05, 0) is 30.7 Å². The lowest BCUT2D eigenvalue weighted by molar-refractivity contribution is -0.0884. The summed E-state index contributed by atoms with van der Waals surface area (Å²) in [4.78, 5) is 0. The van der Waals surface area contributed by atoms with Crippen LogP contribution in [0.3, 0.4) is 0 Å². The van der Waals surface area contributed by atoms with E-state index < -0.39 is 35.8 Å². The summed E-state index contributed by atoms with van der Waals surface area (Å²) in [6.45, 7) is 3.98. The number of hydrogen-bond acceptors (Lipinski definition) is 4. The van der Waals surface area contributed by atoms with E-state index in [1.54, 1.807) is 6.07 Å². The molecule has 0 aliphatic rings. The van der Waals surface area contributed by atoms with Crippen LogP contribution in [-0.2, 0) is 11.3 Å². The molecule has 0 saturated heterocycles. The van der Waals surface area contributed by atoms with Gasteiger partial charge in [0.2, 0.25) is 0 Å². The predicted molar refractivity (Wildman–Crippen MR) is 89.1 cm³/mol. The number of ether oxygens (including phenoxy) is 1. The van der Waals surface area contributed by atoms with Gasteiger partial charge in [-0.3, -0.25) is 0 Å². The molecule has 2 rings (SSSR count). The molecule has 152 valence electrons. The largest absolute Gasteiger partial charge is 0.493 e. The first-order valence-electron chi connectivity index (χ1n) is 7.76. The Morgan fingerprint density at radius 1 is 1.21 bits per heavy atom. The highest BCUT2D eigenvalue weighted by Crippen LogP contribution is 2.30. The number of alkyl halides is 3. The minimum atomic E-state index is -4.82. The molecule has 0 atom stereocenters. The summed E-state index contributed by atoms with van der Waals surface area (Å²) in [7, 11) is 0. The lowest BCUT2D eigenvalue weighted by Gasteiger charge is -2.12. The third kappa shape index (κ3) is 5.47. The van der Waals surface area contributed by atoms with Gasteiger partial charge in [0.15, 0.2) is 17.3 Å². The molecular formula is C18H12F6N4O. The van der Waals surface area contributed by atoms with Gasteiger partial charge < -0.3 is 4.74 Å². The molecule has 0 fully saturated rings. The van der Waals surface area contributed by atoms with E-state index >= 15 is 0 Å². The van der Waals surface area contributed by atoms with Crippen molar-refractivity contribution in [2.45, 2.75) is 19.7 Å². The fourth-order valence-electron chi connectivity index (χ4n) is 2.12. The number of allylic oxidation sites excluding steroid dienone is 5. The SMILES string of the molecule is C=C(/C=C(\C=C(/C)OCc1cc(F)c(F)cc1F)C(F)(F)F)c1nn[nH]c1C#N. The van der Waals surface area contributed by atoms with Crippen molar-refractivity contribution in [3.05, 3.63) is 76.6 Å². The summed E-state index contributed by atoms with van der Waals surface area (Å²) >= 11 is 0. The Bertz CT molecular complexity index is 1030. The van der Waals surface area contributed by atoms with E-state index in [9.17, 15) is 26.3 Å². The fourth-order valence-corrected chi connectivity index (χ4v) is 2.12. The molecule has 1 heterocycles. The van der Waals surface area contributed by atoms with E-state index in [1.165, 1.54) is 0 Å². The molecule has 0 bridgehead atoms. The van der Waals surface area contributed by atoms with Crippen LogP contribution >= 0.6 is 0 Å². The normalized spacial score (nSPS) is 12.6. The molecule has 2 aromatic rings. The van der Waals surface area contributed by atoms with Gasteiger partial charge in [0.05, 0.1) is 11.3 Å². The third-order valence-electron chi connectivity index (χ3n) is 3.53. The van der Waals surface area contributed by atoms with Crippen molar-refractivity contribution < 1.29 is 31.1 Å². The Balaban J connectivity index is 2.25. The Hall–Kier alpha value is -3.55. The first-order chi connectivity index (χ1) is 13.5. The van der Waals surface area contributed by atoms with Crippen LogP contribution in [0.5, 0.6) is 0 Å². The molecule has 1 N–H and O–H groups in total. The van der Waals surface area contributed by atoms with Crippen LogP contribution in [0.25, 0.3) is 5.57 Å². The zero-order chi connectivity index (χ0) is 21.8. The van der Waals surface area contributed by atoms with Crippen molar-refractivity contribution in [2.75, 3.05) is 0 Å². The quantitative estimate of drug-likeness (QED) is 0.321. The first-order valence-corrected chi connectivity index (χ1v) is 7.76. The maximum atomic E-state index is 13.6. The number of nitriles is 1. The zero-order valence-corrected chi connectivity index (χ0v) is 14.7. The number of aromatic nitrogens is 3. The number of aromatic amines is 1. The number of nitrogens with one attached hydrogen (secondary N) is 1. The second-order valence-corrected chi connectivity index (χ2v) is 5.67. The summed E-state index contributed by atoms with van der Waals surface area (Å²) in [5, 5.41) is 17.9. The average Bonchev–Trinajstić information content (AvgIpc) is 3.11. The lowest BCUT2D eigenvalue weighted by atomic mass is 10.1. The molecule has 0 unspecified atom stereocenters. The van der Waals surface area contributed by atoms with Crippen molar-refractivity contribution in [1.82, 2.24) is 15.4 Å². The molecule has 29 heavy (non-hydrogen) atoms. The van der Waals surface area contributed by atoms with Crippen LogP contribution in [0.15, 0.2) is 42.2 Å². The number of nitrogens with zero attached hydrogens (tertiary/aromatic N) is 3. The third-order valence-corrected chi connectivity index (χ3v) is 3.53. The van der Waals surface area contributed by atoms with Gasteiger partial charge in [0, 0.05) is 11.6 Å². The maximum absolute atomic E-state index is 13.6. The molecule has 1 aromatic carbocycles. The van der Waals surface area contributed by atoms with Crippen molar-refractivity contribution in [1.29, 1.82) is 5.26 Å². The molecule has 0 radical (unpaired) electrons. The van der Waals surface area contributed by atoms with Crippen LogP contribution in [-0.4, -0.2) is 21.6 Å². The van der Waals surface area contributed by atoms with Crippen LogP contribution in [0.2, 0.25) is 0 Å². The zero-order valence-electron chi connectivity index (χ0n) is 14.7. The standard InChI is InChI=1S/C18H12F6N4O/c1-9(17-16(7-25)26-28-27-17)3-12(18(22,23)24)4-10(2)29-8-11-5-14(20)15(21)6-13(11)19/h3-6H,1,8H2,2H3,(H,26,27,28)/b10-4+,12-3+. The number of rotatable bonds is 6. The second kappa shape index (κ2) is 8.64. The van der Waals surface area contributed by atoms with Gasteiger partial charge in [0.1, 0.15) is 24.2 Å². The molecule has 0 aliphatic heterocycles. The summed E-state index contributed by atoms with van der Waals surface area (Å²) in [6.07, 6.45) is -3.59. The van der Waals surface area contributed by atoms with E-state index in [0.717, 1.165) is 6.92 Å². The van der Waals surface area contributed by atoms with Crippen LogP contribution in [0, 0.1) is 28.8 Å². The van der Waals surface area contributed by atoms with Crippen molar-refractivity contribution in [3.8, 4) is 6.07 Å². The molecule has 0 aliphatic carbocycles. The average molecular weight is 414 g/mol. The molecule has 11 heteroatoms. The fraction of sp³-hybridized carbons (Fsp3) is 0.167. The molecule has 0 spiro atoms. The maximum Gasteiger partial charge on any atom is 0.416 e. The van der Waals surface area contributed by atoms with Crippen molar-refractivity contribution >= 4 is 5.57 Å². The molecule has 1 aromatic heterocycles. The van der Waals surface area contributed by atoms with E-state index in [0.29, 0.717) is 24.3 Å². The van der Waals surface area contributed by atoms with Crippen molar-refractivity contribution in [2.24, 2.45) is 0 Å². The van der Waals surface area contributed by atoms with Gasteiger partial charge in [-0.1, -0.05) is 11.8 Å². The highest BCUT2D eigenvalue weighted by atomic mass is 19.4. The van der Waals surface area contributed by atoms with Crippen LogP contribution < -0.4 is 0 Å². The van der Waals surface area contributed by atoms with Crippen molar-refractivity contribution in [3.63, 3.8) is 0 Å². The molecule has 5 nitrogen and oxygen atoms in total. The summed E-state index contributed by atoms with van der Waals surface area (Å²) in [5.74, 6) is -4.11. The monoisotopic (exact) mass is 414 g/mol. The highest BCUT2D eigenvalue weighted by molar-refractivity contribution is 5.73. The molecule has 0 amide bonds. The number of H-pyrrole nitrogens is 1. The first kappa shape index (κ1) is 21.7. The topological polar surface area (TPSA) is 74.6 Å². The van der Waals surface area contributed by atoms with Gasteiger partial charge in [0.25, 0.3) is 0 Å². The minimum absolute atomic E-state index is 0.162. The molecular weight excluding hydrogens is 402 g/mol. The van der Waals surface area contributed by atoms with Gasteiger partial charge in [-0.2, -0.15) is 18.4 Å². The minimum Gasteiger partial charge on any atom is -0.493 e. The number of halogens is 6. The Labute approximate surface area is 160 Å². The molecule has 0 saturated carbocycles. The lowest BCUT2D eigenvalue weighted by Crippen LogP contribution is -2.11. The number of benzene rings is 1. The highest BCUT2D eigenvalue weighted by Gasteiger charge is 2.33. The van der Waals surface area contributed by atoms with Gasteiger partial charge in [-0.25, -0.2) is 18.3 Å². The van der Waals surface area contributed by atoms with E-state index in [-0.39, 0.29) is 28.3 Å². The van der Waals surface area contributed by atoms with E-state index in [2.05, 4.69) is 22.0 Å². The Morgan fingerprint density at radius 3 is 2.48 bits per heavy atom. The predicted octanol–water partition coefficient (Wildman–Crippen LogP) is 4.72. The smallest absolute Gasteiger partial charge is 0.416 e. The summed E-state index contributed by atoms with van der Waals surface area (Å²) in [6, 6.07) is 2.53.